The number of hydrogen-bond donors (Lipinski definition) is 2. The Kier molecular flexibility index (Phi) is 9.19. The predicted molar refractivity (Wildman–Crippen MR) is 128 cm³/mol. The number of benzene rings is 1. The highest BCUT2D eigenvalue weighted by Gasteiger charge is 2.23. The summed E-state index contributed by atoms with van der Waals surface area (Å²) in [6.45, 7) is 11.4. The van der Waals surface area contributed by atoms with Crippen LogP contribution in [0.25, 0.3) is 0 Å². The monoisotopic (exact) mass is 427 g/mol. The van der Waals surface area contributed by atoms with Gasteiger partial charge in [0.25, 0.3) is 0 Å². The minimum atomic E-state index is 0.152. The van der Waals surface area contributed by atoms with E-state index in [0.29, 0.717) is 18.9 Å². The van der Waals surface area contributed by atoms with Gasteiger partial charge in [0.05, 0.1) is 6.54 Å². The van der Waals surface area contributed by atoms with Gasteiger partial charge in [0, 0.05) is 39.6 Å². The zero-order valence-electron chi connectivity index (χ0n) is 19.7. The Labute approximate surface area is 188 Å². The molecule has 172 valence electrons. The SMILES string of the molecule is CCNC(=NCc1ccccc1CN1CCC(C)CC1)N1CCC(CC(=O)NC)CC1. The highest BCUT2D eigenvalue weighted by Crippen LogP contribution is 2.22. The van der Waals surface area contributed by atoms with Crippen molar-refractivity contribution < 1.29 is 4.79 Å². The lowest BCUT2D eigenvalue weighted by molar-refractivity contribution is -0.121. The average molecular weight is 428 g/mol. The van der Waals surface area contributed by atoms with Gasteiger partial charge in [-0.25, -0.2) is 4.99 Å². The number of piperidine rings is 2. The van der Waals surface area contributed by atoms with Gasteiger partial charge in [-0.2, -0.15) is 0 Å². The Balaban J connectivity index is 1.60. The van der Waals surface area contributed by atoms with E-state index in [1.807, 2.05) is 0 Å². The number of guanidine groups is 1. The van der Waals surface area contributed by atoms with Crippen molar-refractivity contribution >= 4 is 11.9 Å². The fourth-order valence-corrected chi connectivity index (χ4v) is 4.63. The molecule has 2 fully saturated rings. The van der Waals surface area contributed by atoms with Crippen molar-refractivity contribution in [2.45, 2.75) is 59.0 Å². The molecule has 0 atom stereocenters. The summed E-state index contributed by atoms with van der Waals surface area (Å²) >= 11 is 0. The Bertz CT molecular complexity index is 718. The van der Waals surface area contributed by atoms with E-state index in [-0.39, 0.29) is 5.91 Å². The maximum absolute atomic E-state index is 11.7. The molecule has 2 N–H and O–H groups in total. The summed E-state index contributed by atoms with van der Waals surface area (Å²) in [5, 5.41) is 6.23. The van der Waals surface area contributed by atoms with Gasteiger partial charge in [0.15, 0.2) is 5.96 Å². The number of rotatable bonds is 7. The molecule has 2 aliphatic rings. The summed E-state index contributed by atoms with van der Waals surface area (Å²) in [5.74, 6) is 2.49. The summed E-state index contributed by atoms with van der Waals surface area (Å²) in [5.41, 5.74) is 2.73. The van der Waals surface area contributed by atoms with Crippen LogP contribution >= 0.6 is 0 Å². The van der Waals surface area contributed by atoms with Gasteiger partial charge in [-0.15, -0.1) is 0 Å². The topological polar surface area (TPSA) is 60.0 Å². The highest BCUT2D eigenvalue weighted by molar-refractivity contribution is 5.80. The second kappa shape index (κ2) is 12.1. The first-order chi connectivity index (χ1) is 15.1. The molecule has 6 heteroatoms. The minimum absolute atomic E-state index is 0.152. The number of amides is 1. The molecule has 0 bridgehead atoms. The van der Waals surface area contributed by atoms with Crippen LogP contribution in [0.2, 0.25) is 0 Å². The van der Waals surface area contributed by atoms with E-state index >= 15 is 0 Å². The number of aliphatic imine (C=N–C) groups is 1. The number of carbonyl (C=O) groups is 1. The molecule has 0 saturated carbocycles. The molecule has 0 unspecified atom stereocenters. The van der Waals surface area contributed by atoms with Gasteiger partial charge < -0.3 is 15.5 Å². The Morgan fingerprint density at radius 1 is 1.06 bits per heavy atom. The maximum atomic E-state index is 11.7. The van der Waals surface area contributed by atoms with Crippen molar-refractivity contribution in [1.29, 1.82) is 0 Å². The molecule has 1 aromatic carbocycles. The third-order valence-corrected chi connectivity index (χ3v) is 6.79. The van der Waals surface area contributed by atoms with Crippen LogP contribution in [0.5, 0.6) is 0 Å². The van der Waals surface area contributed by atoms with E-state index in [1.165, 1.54) is 37.1 Å². The van der Waals surface area contributed by atoms with Gasteiger partial charge in [0.1, 0.15) is 0 Å². The van der Waals surface area contributed by atoms with Crippen LogP contribution in [0.4, 0.5) is 0 Å². The number of hydrogen-bond acceptors (Lipinski definition) is 3. The first-order valence-electron chi connectivity index (χ1n) is 12.1. The largest absolute Gasteiger partial charge is 0.359 e. The molecule has 31 heavy (non-hydrogen) atoms. The zero-order valence-corrected chi connectivity index (χ0v) is 19.7. The summed E-state index contributed by atoms with van der Waals surface area (Å²) in [7, 11) is 1.72. The van der Waals surface area contributed by atoms with E-state index in [0.717, 1.165) is 50.9 Å². The Morgan fingerprint density at radius 3 is 2.39 bits per heavy atom. The van der Waals surface area contributed by atoms with Crippen molar-refractivity contribution in [2.75, 3.05) is 39.8 Å². The molecule has 2 saturated heterocycles. The standard InChI is InChI=1S/C25H41N5O/c1-4-27-25(30-15-11-21(12-16-30)17-24(31)26-3)28-18-22-7-5-6-8-23(22)19-29-13-9-20(2)10-14-29/h5-8,20-21H,4,9-19H2,1-3H3,(H,26,31)(H,27,28). The lowest BCUT2D eigenvalue weighted by Crippen LogP contribution is -2.46. The van der Waals surface area contributed by atoms with Crippen molar-refractivity contribution in [3.8, 4) is 0 Å². The molecule has 0 spiro atoms. The van der Waals surface area contributed by atoms with Crippen LogP contribution in [0, 0.1) is 11.8 Å². The zero-order chi connectivity index (χ0) is 22.1. The van der Waals surface area contributed by atoms with E-state index in [2.05, 4.69) is 58.5 Å². The molecular formula is C25H41N5O. The molecule has 0 aliphatic carbocycles. The molecule has 1 aromatic rings. The Hall–Kier alpha value is -2.08. The quantitative estimate of drug-likeness (QED) is 0.518. The lowest BCUT2D eigenvalue weighted by Gasteiger charge is -2.34. The molecule has 1 amide bonds. The number of nitrogens with zero attached hydrogens (tertiary/aromatic N) is 3. The second-order valence-corrected chi connectivity index (χ2v) is 9.21. The first kappa shape index (κ1) is 23.6. The third-order valence-electron chi connectivity index (χ3n) is 6.79. The van der Waals surface area contributed by atoms with Crippen LogP contribution < -0.4 is 10.6 Å². The minimum Gasteiger partial charge on any atom is -0.359 e. The van der Waals surface area contributed by atoms with Crippen LogP contribution in [0.3, 0.4) is 0 Å². The first-order valence-corrected chi connectivity index (χ1v) is 12.1. The van der Waals surface area contributed by atoms with Crippen molar-refractivity contribution in [2.24, 2.45) is 16.8 Å². The van der Waals surface area contributed by atoms with Crippen LogP contribution in [-0.2, 0) is 17.9 Å². The molecule has 6 nitrogen and oxygen atoms in total. The van der Waals surface area contributed by atoms with Gasteiger partial charge in [-0.05, 0) is 68.7 Å². The molecule has 0 radical (unpaired) electrons. The molecule has 2 aliphatic heterocycles. The van der Waals surface area contributed by atoms with E-state index < -0.39 is 0 Å². The summed E-state index contributed by atoms with van der Waals surface area (Å²) in [6, 6.07) is 8.77. The molecular weight excluding hydrogens is 386 g/mol. The molecule has 0 aromatic heterocycles. The molecule has 3 rings (SSSR count). The van der Waals surface area contributed by atoms with Crippen molar-refractivity contribution in [3.63, 3.8) is 0 Å². The second-order valence-electron chi connectivity index (χ2n) is 9.21. The Morgan fingerprint density at radius 2 is 1.74 bits per heavy atom. The normalized spacial score (nSPS) is 19.5. The third kappa shape index (κ3) is 7.23. The van der Waals surface area contributed by atoms with Crippen LogP contribution in [0.1, 0.15) is 57.1 Å². The molecule has 2 heterocycles. The van der Waals surface area contributed by atoms with E-state index in [1.54, 1.807) is 7.05 Å². The van der Waals surface area contributed by atoms with Gasteiger partial charge in [0.2, 0.25) is 5.91 Å². The number of carbonyl (C=O) groups excluding carboxylic acids is 1. The fourth-order valence-electron chi connectivity index (χ4n) is 4.63. The number of nitrogens with one attached hydrogen (secondary N) is 2. The van der Waals surface area contributed by atoms with Crippen molar-refractivity contribution in [3.05, 3.63) is 35.4 Å². The maximum Gasteiger partial charge on any atom is 0.220 e. The summed E-state index contributed by atoms with van der Waals surface area (Å²) < 4.78 is 0. The van der Waals surface area contributed by atoms with Crippen LogP contribution in [-0.4, -0.2) is 61.4 Å². The van der Waals surface area contributed by atoms with Crippen molar-refractivity contribution in [1.82, 2.24) is 20.4 Å². The van der Waals surface area contributed by atoms with Crippen LogP contribution in [0.15, 0.2) is 29.3 Å². The summed E-state index contributed by atoms with van der Waals surface area (Å²) in [4.78, 5) is 21.6. The van der Waals surface area contributed by atoms with Gasteiger partial charge in [-0.1, -0.05) is 31.2 Å². The number of likely N-dealkylation sites (tertiary alicyclic amines) is 2. The predicted octanol–water partition coefficient (Wildman–Crippen LogP) is 3.23. The highest BCUT2D eigenvalue weighted by atomic mass is 16.1. The van der Waals surface area contributed by atoms with E-state index in [9.17, 15) is 4.79 Å². The smallest absolute Gasteiger partial charge is 0.220 e. The average Bonchev–Trinajstić information content (AvgIpc) is 2.79. The fraction of sp³-hybridized carbons (Fsp3) is 0.680. The summed E-state index contributed by atoms with van der Waals surface area (Å²) in [6.07, 6.45) is 5.34. The van der Waals surface area contributed by atoms with Gasteiger partial charge in [-0.3, -0.25) is 9.69 Å². The lowest BCUT2D eigenvalue weighted by atomic mass is 9.93. The van der Waals surface area contributed by atoms with Gasteiger partial charge >= 0.3 is 0 Å². The van der Waals surface area contributed by atoms with E-state index in [4.69, 9.17) is 4.99 Å².